The van der Waals surface area contributed by atoms with Crippen LogP contribution in [0.2, 0.25) is 0 Å². The molecule has 0 N–H and O–H groups in total. The number of nitrogens with zero attached hydrogens (tertiary/aromatic N) is 3. The van der Waals surface area contributed by atoms with Gasteiger partial charge in [0.15, 0.2) is 5.16 Å². The van der Waals surface area contributed by atoms with Gasteiger partial charge in [-0.1, -0.05) is 61.4 Å². The van der Waals surface area contributed by atoms with Crippen LogP contribution in [0.1, 0.15) is 43.7 Å². The van der Waals surface area contributed by atoms with E-state index in [0.717, 1.165) is 44.3 Å². The van der Waals surface area contributed by atoms with Crippen molar-refractivity contribution in [3.63, 3.8) is 0 Å². The predicted molar refractivity (Wildman–Crippen MR) is 121 cm³/mol. The molecule has 5 rings (SSSR count). The molecule has 6 heteroatoms. The number of anilines is 1. The number of aromatic nitrogens is 2. The van der Waals surface area contributed by atoms with Gasteiger partial charge in [0.25, 0.3) is 5.56 Å². The first-order valence-electron chi connectivity index (χ1n) is 10.7. The summed E-state index contributed by atoms with van der Waals surface area (Å²) < 4.78 is 1.87. The van der Waals surface area contributed by atoms with Gasteiger partial charge in [-0.15, -0.1) is 0 Å². The lowest BCUT2D eigenvalue weighted by atomic mass is 9.95. The zero-order chi connectivity index (χ0) is 20.5. The van der Waals surface area contributed by atoms with Crippen LogP contribution < -0.4 is 10.5 Å². The smallest absolute Gasteiger partial charge is 0.262 e. The maximum atomic E-state index is 13.3. The Labute approximate surface area is 180 Å². The molecule has 2 aromatic carbocycles. The average Bonchev–Trinajstić information content (AvgIpc) is 3.22. The van der Waals surface area contributed by atoms with Crippen molar-refractivity contribution in [3.8, 4) is 0 Å². The molecule has 1 saturated carbocycles. The van der Waals surface area contributed by atoms with E-state index in [0.29, 0.717) is 16.1 Å². The third-order valence-corrected chi connectivity index (χ3v) is 7.17. The van der Waals surface area contributed by atoms with Crippen LogP contribution in [0.15, 0.2) is 58.5 Å². The topological polar surface area (TPSA) is 55.2 Å². The van der Waals surface area contributed by atoms with Crippen molar-refractivity contribution in [1.82, 2.24) is 9.55 Å². The molecule has 0 bridgehead atoms. The largest absolute Gasteiger partial charge is 0.311 e. The van der Waals surface area contributed by atoms with Gasteiger partial charge in [-0.25, -0.2) is 4.98 Å². The molecule has 0 saturated heterocycles. The predicted octanol–water partition coefficient (Wildman–Crippen LogP) is 4.58. The number of carbonyl (C=O) groups excluding carboxylic acids is 1. The first-order valence-corrected chi connectivity index (χ1v) is 11.7. The van der Waals surface area contributed by atoms with Crippen molar-refractivity contribution in [1.29, 1.82) is 0 Å². The molecular weight excluding hydrogens is 394 g/mol. The summed E-state index contributed by atoms with van der Waals surface area (Å²) in [5, 5.41) is 1.33. The summed E-state index contributed by atoms with van der Waals surface area (Å²) in [5.74, 6) is 0.355. The number of amides is 1. The summed E-state index contributed by atoms with van der Waals surface area (Å²) in [6.45, 7) is 0.722. The summed E-state index contributed by atoms with van der Waals surface area (Å²) in [7, 11) is 0. The lowest BCUT2D eigenvalue weighted by Crippen LogP contribution is -2.32. The molecule has 1 aromatic heterocycles. The Hall–Kier alpha value is -2.60. The lowest BCUT2D eigenvalue weighted by Gasteiger charge is -2.26. The minimum Gasteiger partial charge on any atom is -0.311 e. The number of hydrogen-bond donors (Lipinski definition) is 0. The van der Waals surface area contributed by atoms with Gasteiger partial charge in [0.05, 0.1) is 16.7 Å². The van der Waals surface area contributed by atoms with E-state index in [2.05, 4.69) is 6.07 Å². The van der Waals surface area contributed by atoms with Gasteiger partial charge in [-0.2, -0.15) is 0 Å². The van der Waals surface area contributed by atoms with Gasteiger partial charge in [-0.05, 0) is 43.0 Å². The van der Waals surface area contributed by atoms with Crippen LogP contribution in [-0.2, 0) is 11.2 Å². The second-order valence-electron chi connectivity index (χ2n) is 8.09. The molecule has 1 amide bonds. The van der Waals surface area contributed by atoms with Crippen LogP contribution in [0, 0.1) is 0 Å². The average molecular weight is 420 g/mol. The van der Waals surface area contributed by atoms with E-state index in [1.807, 2.05) is 51.9 Å². The highest BCUT2D eigenvalue weighted by atomic mass is 32.2. The van der Waals surface area contributed by atoms with Gasteiger partial charge >= 0.3 is 0 Å². The molecule has 0 atom stereocenters. The highest BCUT2D eigenvalue weighted by molar-refractivity contribution is 7.99. The van der Waals surface area contributed by atoms with E-state index in [9.17, 15) is 9.59 Å². The molecule has 5 nitrogen and oxygen atoms in total. The van der Waals surface area contributed by atoms with Crippen molar-refractivity contribution >= 4 is 34.3 Å². The third-order valence-electron chi connectivity index (χ3n) is 6.23. The number of fused-ring (bicyclic) bond motifs is 2. The number of para-hydroxylation sites is 2. The molecule has 0 unspecified atom stereocenters. The Morgan fingerprint density at radius 3 is 2.67 bits per heavy atom. The van der Waals surface area contributed by atoms with Crippen LogP contribution in [0.5, 0.6) is 0 Å². The number of rotatable bonds is 4. The number of carbonyl (C=O) groups is 1. The van der Waals surface area contributed by atoms with Gasteiger partial charge in [0.1, 0.15) is 0 Å². The van der Waals surface area contributed by atoms with Crippen LogP contribution in [0.3, 0.4) is 0 Å². The van der Waals surface area contributed by atoms with Gasteiger partial charge < -0.3 is 4.90 Å². The number of benzene rings is 2. The fourth-order valence-electron chi connectivity index (χ4n) is 4.69. The van der Waals surface area contributed by atoms with Crippen molar-refractivity contribution in [3.05, 3.63) is 64.4 Å². The van der Waals surface area contributed by atoms with Crippen molar-refractivity contribution in [2.75, 3.05) is 17.2 Å². The fourth-order valence-corrected chi connectivity index (χ4v) is 5.63. The molecule has 1 aliphatic heterocycles. The van der Waals surface area contributed by atoms with Gasteiger partial charge in [-0.3, -0.25) is 14.2 Å². The zero-order valence-corrected chi connectivity index (χ0v) is 17.7. The molecule has 30 heavy (non-hydrogen) atoms. The Balaban J connectivity index is 1.45. The summed E-state index contributed by atoms with van der Waals surface area (Å²) in [4.78, 5) is 33.0. The quantitative estimate of drug-likeness (QED) is 0.459. The minimum atomic E-state index is 0.0222. The lowest BCUT2D eigenvalue weighted by molar-refractivity contribution is -0.116. The Morgan fingerprint density at radius 2 is 1.80 bits per heavy atom. The summed E-state index contributed by atoms with van der Waals surface area (Å²) >= 11 is 1.40. The maximum absolute atomic E-state index is 13.3. The highest BCUT2D eigenvalue weighted by Crippen LogP contribution is 2.32. The third kappa shape index (κ3) is 3.54. The summed E-state index contributed by atoms with van der Waals surface area (Å²) in [6.07, 6.45) is 6.39. The van der Waals surface area contributed by atoms with Gasteiger partial charge in [0.2, 0.25) is 5.91 Å². The SMILES string of the molecule is O=C(CSc1nc2ccccc2c(=O)n1C1CCCCC1)N1CCc2ccccc21. The minimum absolute atomic E-state index is 0.0222. The Bertz CT molecular complexity index is 1150. The molecule has 0 radical (unpaired) electrons. The fraction of sp³-hybridized carbons (Fsp3) is 0.375. The van der Waals surface area contributed by atoms with Crippen molar-refractivity contribution in [2.45, 2.75) is 49.7 Å². The van der Waals surface area contributed by atoms with Crippen LogP contribution in [0.4, 0.5) is 5.69 Å². The number of thioether (sulfide) groups is 1. The molecule has 2 heterocycles. The normalized spacial score (nSPS) is 16.7. The van der Waals surface area contributed by atoms with E-state index < -0.39 is 0 Å². The first kappa shape index (κ1) is 19.4. The van der Waals surface area contributed by atoms with E-state index >= 15 is 0 Å². The molecule has 2 aliphatic rings. The standard InChI is InChI=1S/C24H25N3O2S/c28-22(26-15-14-17-8-4-7-13-21(17)26)16-30-24-25-20-12-6-5-11-19(20)23(29)27(24)18-9-2-1-3-10-18/h4-8,11-13,18H,1-3,9-10,14-16H2. The first-order chi connectivity index (χ1) is 14.7. The monoisotopic (exact) mass is 419 g/mol. The molecule has 1 fully saturated rings. The summed E-state index contributed by atoms with van der Waals surface area (Å²) in [5.41, 5.74) is 2.96. The Morgan fingerprint density at radius 1 is 1.03 bits per heavy atom. The van der Waals surface area contributed by atoms with E-state index in [1.165, 1.54) is 23.7 Å². The maximum Gasteiger partial charge on any atom is 0.262 e. The zero-order valence-electron chi connectivity index (χ0n) is 16.9. The second kappa shape index (κ2) is 8.26. The van der Waals surface area contributed by atoms with Crippen LogP contribution in [0.25, 0.3) is 10.9 Å². The van der Waals surface area contributed by atoms with Crippen LogP contribution >= 0.6 is 11.8 Å². The number of hydrogen-bond acceptors (Lipinski definition) is 4. The molecule has 3 aromatic rings. The highest BCUT2D eigenvalue weighted by Gasteiger charge is 2.26. The van der Waals surface area contributed by atoms with Crippen LogP contribution in [-0.4, -0.2) is 27.8 Å². The second-order valence-corrected chi connectivity index (χ2v) is 9.03. The van der Waals surface area contributed by atoms with E-state index in [-0.39, 0.29) is 23.3 Å². The van der Waals surface area contributed by atoms with Crippen molar-refractivity contribution in [2.24, 2.45) is 0 Å². The van der Waals surface area contributed by atoms with E-state index in [4.69, 9.17) is 4.98 Å². The molecule has 154 valence electrons. The van der Waals surface area contributed by atoms with Crippen molar-refractivity contribution < 1.29 is 4.79 Å². The summed E-state index contributed by atoms with van der Waals surface area (Å²) in [6, 6.07) is 15.8. The Kier molecular flexibility index (Phi) is 5.34. The molecule has 1 aliphatic carbocycles. The van der Waals surface area contributed by atoms with E-state index in [1.54, 1.807) is 0 Å². The molecular formula is C24H25N3O2S. The van der Waals surface area contributed by atoms with Gasteiger partial charge in [0, 0.05) is 18.3 Å². The molecule has 0 spiro atoms.